The van der Waals surface area contributed by atoms with E-state index in [-0.39, 0.29) is 17.0 Å². The maximum atomic E-state index is 2.32. The van der Waals surface area contributed by atoms with E-state index in [1.54, 1.807) is 0 Å². The molecular weight excluding hydrogens is 202 g/mol. The Kier molecular flexibility index (Phi) is 4.64. The molecule has 1 fully saturated rings. The number of rotatable bonds is 1. The van der Waals surface area contributed by atoms with E-state index in [0.29, 0.717) is 0 Å². The van der Waals surface area contributed by atoms with E-state index in [0.717, 1.165) is 6.04 Å². The van der Waals surface area contributed by atoms with E-state index in [4.69, 9.17) is 0 Å². The van der Waals surface area contributed by atoms with Gasteiger partial charge in [-0.05, 0) is 25.7 Å². The lowest BCUT2D eigenvalue weighted by atomic mass is 9.94. The smallest absolute Gasteiger partial charge is 0.0884 e. The Labute approximate surface area is 81.1 Å². The van der Waals surface area contributed by atoms with E-state index in [9.17, 15) is 0 Å². The van der Waals surface area contributed by atoms with Crippen molar-refractivity contribution in [2.24, 2.45) is 0 Å². The lowest BCUT2D eigenvalue weighted by Crippen LogP contribution is -3.00. The summed E-state index contributed by atoms with van der Waals surface area (Å²) in [5, 5.41) is 0. The van der Waals surface area contributed by atoms with Crippen molar-refractivity contribution in [1.82, 2.24) is 0 Å². The molecule has 0 unspecified atom stereocenters. The van der Waals surface area contributed by atoms with Crippen LogP contribution in [0.3, 0.4) is 0 Å². The van der Waals surface area contributed by atoms with Crippen LogP contribution < -0.4 is 17.0 Å². The monoisotopic (exact) mass is 221 g/mol. The quantitative estimate of drug-likeness (QED) is 0.501. The average molecular weight is 222 g/mol. The van der Waals surface area contributed by atoms with Gasteiger partial charge in [0.2, 0.25) is 0 Å². The van der Waals surface area contributed by atoms with Crippen molar-refractivity contribution in [2.75, 3.05) is 21.1 Å². The summed E-state index contributed by atoms with van der Waals surface area (Å²) in [5.74, 6) is 0. The molecule has 0 spiro atoms. The Morgan fingerprint density at radius 2 is 1.36 bits per heavy atom. The normalized spacial score (nSPS) is 21.0. The first kappa shape index (κ1) is 11.4. The zero-order valence-corrected chi connectivity index (χ0v) is 9.52. The van der Waals surface area contributed by atoms with Crippen molar-refractivity contribution in [3.8, 4) is 0 Å². The number of halogens is 1. The Morgan fingerprint density at radius 3 is 1.64 bits per heavy atom. The fraction of sp³-hybridized carbons (Fsp3) is 1.00. The number of hydrogen-bond acceptors (Lipinski definition) is 0. The summed E-state index contributed by atoms with van der Waals surface area (Å²) in [6.45, 7) is 0. The lowest BCUT2D eigenvalue weighted by molar-refractivity contribution is -0.897. The van der Waals surface area contributed by atoms with Crippen LogP contribution in [0.2, 0.25) is 0 Å². The molecule has 0 saturated heterocycles. The molecule has 0 atom stereocenters. The maximum Gasteiger partial charge on any atom is 0.0884 e. The largest absolute Gasteiger partial charge is 1.00 e. The maximum absolute atomic E-state index is 2.32. The summed E-state index contributed by atoms with van der Waals surface area (Å²) in [5.41, 5.74) is 0. The summed E-state index contributed by atoms with van der Waals surface area (Å²) in [6, 6.07) is 0.939. The molecule has 0 aromatic carbocycles. The summed E-state index contributed by atoms with van der Waals surface area (Å²) in [6.07, 6.45) is 7.28. The van der Waals surface area contributed by atoms with Gasteiger partial charge in [-0.1, -0.05) is 6.42 Å². The molecule has 68 valence electrons. The fourth-order valence-corrected chi connectivity index (χ4v) is 1.86. The van der Waals surface area contributed by atoms with Gasteiger partial charge in [0, 0.05) is 0 Å². The third-order valence-electron chi connectivity index (χ3n) is 2.67. The van der Waals surface area contributed by atoms with Gasteiger partial charge in [0.1, 0.15) is 0 Å². The minimum atomic E-state index is 0. The molecule has 0 heterocycles. The van der Waals surface area contributed by atoms with Gasteiger partial charge >= 0.3 is 0 Å². The van der Waals surface area contributed by atoms with Gasteiger partial charge in [0.15, 0.2) is 0 Å². The minimum Gasteiger partial charge on any atom is -1.00 e. The molecule has 0 aliphatic heterocycles. The molecule has 0 bridgehead atoms. The Bertz CT molecular complexity index is 101. The van der Waals surface area contributed by atoms with Crippen LogP contribution in [0.5, 0.6) is 0 Å². The first-order valence-corrected chi connectivity index (χ1v) is 4.42. The summed E-state index contributed by atoms with van der Waals surface area (Å²) < 4.78 is 1.17. The Balaban J connectivity index is 0.000001000. The van der Waals surface area contributed by atoms with E-state index < -0.39 is 0 Å². The third-order valence-corrected chi connectivity index (χ3v) is 2.67. The van der Waals surface area contributed by atoms with Crippen LogP contribution in [0.1, 0.15) is 32.1 Å². The molecule has 0 radical (unpaired) electrons. The van der Waals surface area contributed by atoms with E-state index in [2.05, 4.69) is 21.1 Å². The molecule has 0 aromatic heterocycles. The number of nitrogens with zero attached hydrogens (tertiary/aromatic N) is 1. The fourth-order valence-electron chi connectivity index (χ4n) is 1.86. The third kappa shape index (κ3) is 3.57. The average Bonchev–Trinajstić information content (AvgIpc) is 1.88. The van der Waals surface area contributed by atoms with Gasteiger partial charge in [0.25, 0.3) is 0 Å². The molecule has 1 aliphatic carbocycles. The van der Waals surface area contributed by atoms with Gasteiger partial charge in [-0.3, -0.25) is 0 Å². The second-order valence-electron chi connectivity index (χ2n) is 4.41. The predicted molar refractivity (Wildman–Crippen MR) is 44.9 cm³/mol. The number of quaternary nitrogens is 1. The van der Waals surface area contributed by atoms with Crippen molar-refractivity contribution in [2.45, 2.75) is 38.1 Å². The second kappa shape index (κ2) is 4.46. The zero-order valence-electron chi connectivity index (χ0n) is 7.94. The molecular formula is C9H20BrN. The van der Waals surface area contributed by atoms with Gasteiger partial charge in [-0.2, -0.15) is 0 Å². The number of hydrogen-bond donors (Lipinski definition) is 0. The van der Waals surface area contributed by atoms with Crippen molar-refractivity contribution in [3.63, 3.8) is 0 Å². The molecule has 2 heteroatoms. The topological polar surface area (TPSA) is 0 Å². The first-order chi connectivity index (χ1) is 4.61. The molecule has 0 aromatic rings. The minimum absolute atomic E-state index is 0. The Morgan fingerprint density at radius 1 is 0.909 bits per heavy atom. The van der Waals surface area contributed by atoms with Crippen molar-refractivity contribution in [3.05, 3.63) is 0 Å². The van der Waals surface area contributed by atoms with Gasteiger partial charge in [0.05, 0.1) is 27.2 Å². The first-order valence-electron chi connectivity index (χ1n) is 4.42. The highest BCUT2D eigenvalue weighted by Gasteiger charge is 2.24. The van der Waals surface area contributed by atoms with Gasteiger partial charge < -0.3 is 21.5 Å². The molecule has 0 N–H and O–H groups in total. The predicted octanol–water partition coefficient (Wildman–Crippen LogP) is -0.971. The highest BCUT2D eigenvalue weighted by molar-refractivity contribution is 4.64. The van der Waals surface area contributed by atoms with Crippen LogP contribution in [0.25, 0.3) is 0 Å². The zero-order chi connectivity index (χ0) is 7.61. The van der Waals surface area contributed by atoms with E-state index >= 15 is 0 Å². The van der Waals surface area contributed by atoms with E-state index in [1.165, 1.54) is 36.6 Å². The van der Waals surface area contributed by atoms with Crippen LogP contribution in [-0.2, 0) is 0 Å². The molecule has 1 nitrogen and oxygen atoms in total. The van der Waals surface area contributed by atoms with Crippen LogP contribution in [0, 0.1) is 0 Å². The lowest BCUT2D eigenvalue weighted by Gasteiger charge is -2.36. The van der Waals surface area contributed by atoms with Crippen LogP contribution in [0.15, 0.2) is 0 Å². The molecule has 0 amide bonds. The highest BCUT2D eigenvalue weighted by atomic mass is 79.9. The van der Waals surface area contributed by atoms with Crippen LogP contribution in [-0.4, -0.2) is 31.7 Å². The highest BCUT2D eigenvalue weighted by Crippen LogP contribution is 2.23. The van der Waals surface area contributed by atoms with Gasteiger partial charge in [-0.25, -0.2) is 0 Å². The van der Waals surface area contributed by atoms with Crippen LogP contribution in [0.4, 0.5) is 0 Å². The Hall–Kier alpha value is 0.440. The molecule has 1 aliphatic rings. The molecule has 1 saturated carbocycles. The molecule has 1 rings (SSSR count). The summed E-state index contributed by atoms with van der Waals surface area (Å²) in [7, 11) is 6.95. The van der Waals surface area contributed by atoms with Crippen molar-refractivity contribution >= 4 is 0 Å². The molecule has 11 heavy (non-hydrogen) atoms. The summed E-state index contributed by atoms with van der Waals surface area (Å²) in [4.78, 5) is 0. The SMILES string of the molecule is C[N+](C)(C)C1CCCCC1.[Br-]. The summed E-state index contributed by atoms with van der Waals surface area (Å²) >= 11 is 0. The van der Waals surface area contributed by atoms with Gasteiger partial charge in [-0.15, -0.1) is 0 Å². The van der Waals surface area contributed by atoms with Crippen LogP contribution >= 0.6 is 0 Å². The standard InChI is InChI=1S/C9H20N.BrH/c1-10(2,3)9-7-5-4-6-8-9;/h9H,4-8H2,1-3H3;1H/q+1;/p-1. The van der Waals surface area contributed by atoms with Crippen molar-refractivity contribution in [1.29, 1.82) is 0 Å². The second-order valence-corrected chi connectivity index (χ2v) is 4.41. The van der Waals surface area contributed by atoms with E-state index in [1.807, 2.05) is 0 Å². The van der Waals surface area contributed by atoms with Crippen molar-refractivity contribution < 1.29 is 21.5 Å².